The number of carbonyl (C=O) groups excluding carboxylic acids is 1. The van der Waals surface area contributed by atoms with Gasteiger partial charge in [-0.1, -0.05) is 0 Å². The number of halogens is 1. The molecule has 1 fully saturated rings. The van der Waals surface area contributed by atoms with Crippen molar-refractivity contribution in [2.75, 3.05) is 19.6 Å². The molecule has 1 saturated heterocycles. The van der Waals surface area contributed by atoms with Crippen LogP contribution in [-0.4, -0.2) is 35.4 Å². The van der Waals surface area contributed by atoms with Gasteiger partial charge in [0.1, 0.15) is 11.6 Å². The first-order chi connectivity index (χ1) is 14.1. The van der Waals surface area contributed by atoms with Crippen LogP contribution in [0.4, 0.5) is 4.39 Å². The summed E-state index contributed by atoms with van der Waals surface area (Å²) in [5.74, 6) is 0.548. The second-order valence-corrected chi connectivity index (χ2v) is 8.55. The van der Waals surface area contributed by atoms with E-state index >= 15 is 0 Å². The van der Waals surface area contributed by atoms with Crippen molar-refractivity contribution in [1.29, 1.82) is 0 Å². The summed E-state index contributed by atoms with van der Waals surface area (Å²) in [4.78, 5) is 20.5. The zero-order valence-corrected chi connectivity index (χ0v) is 17.2. The van der Waals surface area contributed by atoms with Crippen molar-refractivity contribution in [2.24, 2.45) is 0 Å². The molecule has 0 aliphatic carbocycles. The first-order valence-corrected chi connectivity index (χ1v) is 10.7. The van der Waals surface area contributed by atoms with E-state index in [0.717, 1.165) is 40.0 Å². The summed E-state index contributed by atoms with van der Waals surface area (Å²) in [5, 5.41) is 3.96. The molecule has 3 heterocycles. The van der Waals surface area contributed by atoms with Crippen LogP contribution in [0.5, 0.6) is 0 Å². The number of carbonyl (C=O) groups is 1. The van der Waals surface area contributed by atoms with Gasteiger partial charge in [0.2, 0.25) is 5.91 Å². The Morgan fingerprint density at radius 2 is 2.03 bits per heavy atom. The minimum absolute atomic E-state index is 0.0484. The highest BCUT2D eigenvalue weighted by Gasteiger charge is 2.26. The molecule has 152 valence electrons. The summed E-state index contributed by atoms with van der Waals surface area (Å²) in [7, 11) is 0. The standard InChI is InChI=1S/C22H24FN3O2S/c1-15-25-22(16-6-8-17(23)9-7-16)20(29-15)13-21(27)24-14-18(19-5-4-12-28-19)26-10-2-3-11-26/h4-9,12,18H,2-3,10-11,13-14H2,1H3,(H,24,27)/t18-/m1/s1. The molecule has 1 aliphatic rings. The van der Waals surface area contributed by atoms with E-state index in [9.17, 15) is 9.18 Å². The van der Waals surface area contributed by atoms with E-state index < -0.39 is 0 Å². The summed E-state index contributed by atoms with van der Waals surface area (Å²) in [6, 6.07) is 10.1. The molecule has 0 spiro atoms. The number of amides is 1. The Morgan fingerprint density at radius 3 is 2.72 bits per heavy atom. The Hall–Kier alpha value is -2.51. The number of furan rings is 1. The van der Waals surface area contributed by atoms with E-state index in [2.05, 4.69) is 15.2 Å². The highest BCUT2D eigenvalue weighted by atomic mass is 32.1. The van der Waals surface area contributed by atoms with Crippen molar-refractivity contribution in [2.45, 2.75) is 32.2 Å². The minimum Gasteiger partial charge on any atom is -0.468 e. The van der Waals surface area contributed by atoms with Crippen molar-refractivity contribution in [3.63, 3.8) is 0 Å². The second kappa shape index (κ2) is 8.88. The van der Waals surface area contributed by atoms with E-state index in [-0.39, 0.29) is 24.2 Å². The highest BCUT2D eigenvalue weighted by molar-refractivity contribution is 7.12. The zero-order chi connectivity index (χ0) is 20.2. The van der Waals surface area contributed by atoms with Crippen molar-refractivity contribution >= 4 is 17.2 Å². The molecule has 0 unspecified atom stereocenters. The number of nitrogens with zero attached hydrogens (tertiary/aromatic N) is 2. The van der Waals surface area contributed by atoms with Gasteiger partial charge >= 0.3 is 0 Å². The fourth-order valence-corrected chi connectivity index (χ4v) is 4.74. The van der Waals surface area contributed by atoms with Crippen LogP contribution in [0.15, 0.2) is 47.1 Å². The molecule has 1 aliphatic heterocycles. The number of thiazole rings is 1. The third-order valence-corrected chi connectivity index (χ3v) is 6.16. The quantitative estimate of drug-likeness (QED) is 0.626. The molecule has 7 heteroatoms. The van der Waals surface area contributed by atoms with Crippen molar-refractivity contribution in [3.8, 4) is 11.3 Å². The molecule has 1 aromatic carbocycles. The molecule has 2 aromatic heterocycles. The molecule has 4 rings (SSSR count). The number of benzene rings is 1. The predicted molar refractivity (Wildman–Crippen MR) is 111 cm³/mol. The molecule has 3 aromatic rings. The molecule has 29 heavy (non-hydrogen) atoms. The Morgan fingerprint density at radius 1 is 1.28 bits per heavy atom. The van der Waals surface area contributed by atoms with Gasteiger partial charge in [-0.25, -0.2) is 9.37 Å². The van der Waals surface area contributed by atoms with Crippen LogP contribution in [0, 0.1) is 12.7 Å². The largest absolute Gasteiger partial charge is 0.468 e. The summed E-state index contributed by atoms with van der Waals surface area (Å²) in [5.41, 5.74) is 1.58. The average molecular weight is 414 g/mol. The van der Waals surface area contributed by atoms with Crippen LogP contribution in [0.3, 0.4) is 0 Å². The smallest absolute Gasteiger partial charge is 0.225 e. The number of hydrogen-bond acceptors (Lipinski definition) is 5. The van der Waals surface area contributed by atoms with Crippen LogP contribution in [0.1, 0.15) is 34.5 Å². The maximum absolute atomic E-state index is 13.2. The molecule has 1 atom stereocenters. The third-order valence-electron chi connectivity index (χ3n) is 5.19. The van der Waals surface area contributed by atoms with E-state index in [1.165, 1.54) is 36.3 Å². The molecule has 1 N–H and O–H groups in total. The molecule has 5 nitrogen and oxygen atoms in total. The van der Waals surface area contributed by atoms with Gasteiger partial charge < -0.3 is 9.73 Å². The molecular weight excluding hydrogens is 389 g/mol. The molecular formula is C22H24FN3O2S. The van der Waals surface area contributed by atoms with Gasteiger partial charge in [0.15, 0.2) is 0 Å². The average Bonchev–Trinajstić information content (AvgIpc) is 3.46. The number of rotatable bonds is 7. The Balaban J connectivity index is 1.44. The van der Waals surface area contributed by atoms with Gasteiger partial charge in [0, 0.05) is 17.0 Å². The van der Waals surface area contributed by atoms with E-state index in [0.29, 0.717) is 6.54 Å². The van der Waals surface area contributed by atoms with Crippen LogP contribution in [-0.2, 0) is 11.2 Å². The van der Waals surface area contributed by atoms with Gasteiger partial charge in [-0.2, -0.15) is 0 Å². The first kappa shape index (κ1) is 19.8. The second-order valence-electron chi connectivity index (χ2n) is 7.27. The van der Waals surface area contributed by atoms with Crippen LogP contribution in [0.2, 0.25) is 0 Å². The minimum atomic E-state index is -0.286. The number of hydrogen-bond donors (Lipinski definition) is 1. The predicted octanol–water partition coefficient (Wildman–Crippen LogP) is 4.35. The van der Waals surface area contributed by atoms with Gasteiger partial charge in [0.25, 0.3) is 0 Å². The van der Waals surface area contributed by atoms with Gasteiger partial charge in [-0.05, 0) is 69.3 Å². The molecule has 1 amide bonds. The van der Waals surface area contributed by atoms with Gasteiger partial charge in [0.05, 0.1) is 29.4 Å². The topological polar surface area (TPSA) is 58.4 Å². The van der Waals surface area contributed by atoms with Crippen molar-refractivity contribution in [3.05, 3.63) is 64.1 Å². The third kappa shape index (κ3) is 4.74. The molecule has 0 saturated carbocycles. The summed E-state index contributed by atoms with van der Waals surface area (Å²) < 4.78 is 18.9. The lowest BCUT2D eigenvalue weighted by atomic mass is 10.1. The van der Waals surface area contributed by atoms with Crippen molar-refractivity contribution in [1.82, 2.24) is 15.2 Å². The molecule has 0 bridgehead atoms. The summed E-state index contributed by atoms with van der Waals surface area (Å²) in [6.07, 6.45) is 4.27. The fourth-order valence-electron chi connectivity index (χ4n) is 3.78. The maximum atomic E-state index is 13.2. The number of aryl methyl sites for hydroxylation is 1. The fraction of sp³-hybridized carbons (Fsp3) is 0.364. The van der Waals surface area contributed by atoms with Crippen LogP contribution >= 0.6 is 11.3 Å². The van der Waals surface area contributed by atoms with E-state index in [1.54, 1.807) is 18.4 Å². The molecule has 0 radical (unpaired) electrons. The summed E-state index contributed by atoms with van der Waals surface area (Å²) in [6.45, 7) is 4.46. The lowest BCUT2D eigenvalue weighted by Gasteiger charge is -2.26. The van der Waals surface area contributed by atoms with Crippen molar-refractivity contribution < 1.29 is 13.6 Å². The highest BCUT2D eigenvalue weighted by Crippen LogP contribution is 2.29. The van der Waals surface area contributed by atoms with Gasteiger partial charge in [-0.15, -0.1) is 11.3 Å². The monoisotopic (exact) mass is 413 g/mol. The zero-order valence-electron chi connectivity index (χ0n) is 16.4. The number of aromatic nitrogens is 1. The normalized spacial score (nSPS) is 15.5. The Labute approximate surface area is 173 Å². The number of nitrogens with one attached hydrogen (secondary N) is 1. The van der Waals surface area contributed by atoms with E-state index in [4.69, 9.17) is 4.42 Å². The first-order valence-electron chi connectivity index (χ1n) is 9.86. The summed E-state index contributed by atoms with van der Waals surface area (Å²) >= 11 is 1.50. The van der Waals surface area contributed by atoms with Crippen LogP contribution in [0.25, 0.3) is 11.3 Å². The lowest BCUT2D eigenvalue weighted by molar-refractivity contribution is -0.120. The lowest BCUT2D eigenvalue weighted by Crippen LogP contribution is -2.37. The van der Waals surface area contributed by atoms with Gasteiger partial charge in [-0.3, -0.25) is 9.69 Å². The number of likely N-dealkylation sites (tertiary alicyclic amines) is 1. The Kier molecular flexibility index (Phi) is 6.06. The maximum Gasteiger partial charge on any atom is 0.225 e. The Bertz CT molecular complexity index is 947. The van der Waals surface area contributed by atoms with E-state index in [1.807, 2.05) is 19.1 Å². The SMILES string of the molecule is Cc1nc(-c2ccc(F)cc2)c(CC(=O)NC[C@H](c2ccco2)N2CCCC2)s1. The van der Waals surface area contributed by atoms with Crippen LogP contribution < -0.4 is 5.32 Å².